The lowest BCUT2D eigenvalue weighted by Crippen LogP contribution is -2.39. The van der Waals surface area contributed by atoms with Crippen molar-refractivity contribution in [3.8, 4) is 17.2 Å². The van der Waals surface area contributed by atoms with Crippen molar-refractivity contribution in [2.24, 2.45) is 5.92 Å². The van der Waals surface area contributed by atoms with Crippen LogP contribution in [0.25, 0.3) is 0 Å². The Labute approximate surface area is 161 Å². The number of carbonyl (C=O) groups is 1. The fourth-order valence-corrected chi connectivity index (χ4v) is 4.12. The summed E-state index contributed by atoms with van der Waals surface area (Å²) in [4.78, 5) is 12.4. The van der Waals surface area contributed by atoms with Crippen LogP contribution < -0.4 is 24.8 Å². The van der Waals surface area contributed by atoms with Gasteiger partial charge >= 0.3 is 0 Å². The van der Waals surface area contributed by atoms with Gasteiger partial charge in [-0.15, -0.1) is 12.4 Å². The molecule has 2 fully saturated rings. The lowest BCUT2D eigenvalue weighted by atomic mass is 9.89. The Bertz CT molecular complexity index is 589. The predicted octanol–water partition coefficient (Wildman–Crippen LogP) is 2.67. The van der Waals surface area contributed by atoms with Crippen LogP contribution in [-0.2, 0) is 11.3 Å². The quantitative estimate of drug-likeness (QED) is 0.756. The molecular weight excluding hydrogens is 356 g/mol. The molecule has 2 saturated heterocycles. The average molecular weight is 385 g/mol. The third-order valence-corrected chi connectivity index (χ3v) is 5.32. The van der Waals surface area contributed by atoms with Crippen LogP contribution in [0.4, 0.5) is 0 Å². The Kier molecular flexibility index (Phi) is 7.41. The molecule has 146 valence electrons. The molecule has 0 aromatic heterocycles. The molecular formula is C19H29ClN2O4. The van der Waals surface area contributed by atoms with Crippen LogP contribution in [0.1, 0.15) is 37.7 Å². The van der Waals surface area contributed by atoms with E-state index in [-0.39, 0.29) is 18.3 Å². The summed E-state index contributed by atoms with van der Waals surface area (Å²) in [6.07, 6.45) is 5.32. The van der Waals surface area contributed by atoms with E-state index in [1.165, 1.54) is 12.8 Å². The Morgan fingerprint density at radius 2 is 1.65 bits per heavy atom. The molecule has 1 aromatic rings. The average Bonchev–Trinajstić information content (AvgIpc) is 2.97. The molecule has 2 aliphatic rings. The molecule has 2 unspecified atom stereocenters. The molecule has 2 aliphatic heterocycles. The van der Waals surface area contributed by atoms with Gasteiger partial charge in [-0.05, 0) is 31.6 Å². The molecule has 0 saturated carbocycles. The SMILES string of the molecule is COc1cc(OC)c(CNC(=O)CC2CC3CCC(C2)N3)c(OC)c1.Cl. The summed E-state index contributed by atoms with van der Waals surface area (Å²) >= 11 is 0. The summed E-state index contributed by atoms with van der Waals surface area (Å²) in [6, 6.07) is 4.82. The predicted molar refractivity (Wildman–Crippen MR) is 102 cm³/mol. The lowest BCUT2D eigenvalue weighted by molar-refractivity contribution is -0.122. The number of halogens is 1. The van der Waals surface area contributed by atoms with Gasteiger partial charge in [-0.25, -0.2) is 0 Å². The Morgan fingerprint density at radius 3 is 2.15 bits per heavy atom. The van der Waals surface area contributed by atoms with Gasteiger partial charge in [0.05, 0.1) is 33.4 Å². The number of hydrogen-bond acceptors (Lipinski definition) is 5. The molecule has 1 amide bonds. The lowest BCUT2D eigenvalue weighted by Gasteiger charge is -2.28. The second kappa shape index (κ2) is 9.33. The van der Waals surface area contributed by atoms with Gasteiger partial charge in [0.2, 0.25) is 5.91 Å². The van der Waals surface area contributed by atoms with Crippen LogP contribution in [0.15, 0.2) is 12.1 Å². The van der Waals surface area contributed by atoms with Crippen molar-refractivity contribution in [2.45, 2.75) is 50.7 Å². The molecule has 2 bridgehead atoms. The van der Waals surface area contributed by atoms with E-state index in [9.17, 15) is 4.79 Å². The van der Waals surface area contributed by atoms with Gasteiger partial charge in [0.15, 0.2) is 0 Å². The van der Waals surface area contributed by atoms with E-state index in [1.807, 2.05) is 0 Å². The highest BCUT2D eigenvalue weighted by molar-refractivity contribution is 5.85. The number of rotatable bonds is 7. The number of methoxy groups -OCH3 is 3. The van der Waals surface area contributed by atoms with Gasteiger partial charge in [0.1, 0.15) is 17.2 Å². The van der Waals surface area contributed by atoms with Gasteiger partial charge < -0.3 is 24.8 Å². The topological polar surface area (TPSA) is 68.8 Å². The van der Waals surface area contributed by atoms with Gasteiger partial charge in [-0.2, -0.15) is 0 Å². The zero-order valence-electron chi connectivity index (χ0n) is 15.7. The summed E-state index contributed by atoms with van der Waals surface area (Å²) in [5.74, 6) is 2.53. The van der Waals surface area contributed by atoms with Crippen molar-refractivity contribution >= 4 is 18.3 Å². The fraction of sp³-hybridized carbons (Fsp3) is 0.632. The summed E-state index contributed by atoms with van der Waals surface area (Å²) in [5.41, 5.74) is 0.824. The Hall–Kier alpha value is -1.66. The maximum absolute atomic E-state index is 12.4. The minimum atomic E-state index is 0. The van der Waals surface area contributed by atoms with Crippen LogP contribution in [-0.4, -0.2) is 39.3 Å². The second-order valence-electron chi connectivity index (χ2n) is 6.97. The minimum absolute atomic E-state index is 0. The van der Waals surface area contributed by atoms with Crippen LogP contribution in [0.2, 0.25) is 0 Å². The Morgan fingerprint density at radius 1 is 1.08 bits per heavy atom. The maximum atomic E-state index is 12.4. The Balaban J connectivity index is 0.00000243. The van der Waals surface area contributed by atoms with E-state index in [2.05, 4.69) is 10.6 Å². The first-order valence-corrected chi connectivity index (χ1v) is 8.94. The van der Waals surface area contributed by atoms with Crippen molar-refractivity contribution < 1.29 is 19.0 Å². The van der Waals surface area contributed by atoms with Gasteiger partial charge in [0, 0.05) is 30.6 Å². The highest BCUT2D eigenvalue weighted by Gasteiger charge is 2.34. The van der Waals surface area contributed by atoms with Crippen molar-refractivity contribution in [1.82, 2.24) is 10.6 Å². The van der Waals surface area contributed by atoms with Crippen LogP contribution in [0, 0.1) is 5.92 Å². The third kappa shape index (κ3) is 4.74. The number of amides is 1. The molecule has 0 spiro atoms. The summed E-state index contributed by atoms with van der Waals surface area (Å²) < 4.78 is 16.1. The number of benzene rings is 1. The smallest absolute Gasteiger partial charge is 0.220 e. The first-order valence-electron chi connectivity index (χ1n) is 8.94. The van der Waals surface area contributed by atoms with Gasteiger partial charge in [-0.1, -0.05) is 0 Å². The zero-order chi connectivity index (χ0) is 17.8. The number of nitrogens with one attached hydrogen (secondary N) is 2. The first kappa shape index (κ1) is 20.6. The number of carbonyl (C=O) groups excluding carboxylic acids is 1. The van der Waals surface area contributed by atoms with E-state index in [0.29, 0.717) is 48.2 Å². The van der Waals surface area contributed by atoms with Crippen molar-refractivity contribution in [2.75, 3.05) is 21.3 Å². The largest absolute Gasteiger partial charge is 0.496 e. The second-order valence-corrected chi connectivity index (χ2v) is 6.97. The highest BCUT2D eigenvalue weighted by Crippen LogP contribution is 2.35. The maximum Gasteiger partial charge on any atom is 0.220 e. The standard InChI is InChI=1S/C19H28N2O4.ClH/c1-23-15-9-17(24-2)16(18(10-15)25-3)11-20-19(22)8-12-6-13-4-5-14(7-12)21-13;/h9-10,12-14,21H,4-8,11H2,1-3H3,(H,20,22);1H. The van der Waals surface area contributed by atoms with E-state index in [1.54, 1.807) is 33.5 Å². The van der Waals surface area contributed by atoms with Gasteiger partial charge in [-0.3, -0.25) is 4.79 Å². The number of ether oxygens (including phenoxy) is 3. The molecule has 0 aliphatic carbocycles. The minimum Gasteiger partial charge on any atom is -0.496 e. The van der Waals surface area contributed by atoms with Gasteiger partial charge in [0.25, 0.3) is 0 Å². The van der Waals surface area contributed by atoms with E-state index >= 15 is 0 Å². The van der Waals surface area contributed by atoms with E-state index < -0.39 is 0 Å². The zero-order valence-corrected chi connectivity index (χ0v) is 16.5. The third-order valence-electron chi connectivity index (χ3n) is 5.32. The van der Waals surface area contributed by atoms with Crippen molar-refractivity contribution in [1.29, 1.82) is 0 Å². The number of fused-ring (bicyclic) bond motifs is 2. The summed E-state index contributed by atoms with van der Waals surface area (Å²) in [6.45, 7) is 0.382. The molecule has 3 rings (SSSR count). The molecule has 7 heteroatoms. The van der Waals surface area contributed by atoms with E-state index in [0.717, 1.165) is 18.4 Å². The van der Waals surface area contributed by atoms with Crippen molar-refractivity contribution in [3.05, 3.63) is 17.7 Å². The molecule has 2 N–H and O–H groups in total. The van der Waals surface area contributed by atoms with E-state index in [4.69, 9.17) is 14.2 Å². The first-order chi connectivity index (χ1) is 12.1. The number of hydrogen-bond donors (Lipinski definition) is 2. The molecule has 26 heavy (non-hydrogen) atoms. The van der Waals surface area contributed by atoms with Crippen LogP contribution in [0.3, 0.4) is 0 Å². The molecule has 0 radical (unpaired) electrons. The highest BCUT2D eigenvalue weighted by atomic mass is 35.5. The molecule has 6 nitrogen and oxygen atoms in total. The fourth-order valence-electron chi connectivity index (χ4n) is 4.12. The monoisotopic (exact) mass is 384 g/mol. The molecule has 1 aromatic carbocycles. The molecule has 2 heterocycles. The summed E-state index contributed by atoms with van der Waals surface area (Å²) in [5, 5.41) is 6.64. The molecule has 2 atom stereocenters. The number of piperidine rings is 1. The summed E-state index contributed by atoms with van der Waals surface area (Å²) in [7, 11) is 4.80. The normalized spacial score (nSPS) is 23.7. The van der Waals surface area contributed by atoms with Crippen LogP contribution in [0.5, 0.6) is 17.2 Å². The van der Waals surface area contributed by atoms with Crippen LogP contribution >= 0.6 is 12.4 Å². The van der Waals surface area contributed by atoms with Crippen molar-refractivity contribution in [3.63, 3.8) is 0 Å².